The highest BCUT2D eigenvalue weighted by molar-refractivity contribution is 7.12. The second kappa shape index (κ2) is 8.43. The predicted molar refractivity (Wildman–Crippen MR) is 131 cm³/mol. The summed E-state index contributed by atoms with van der Waals surface area (Å²) in [7, 11) is 0. The number of hydrogen-bond donors (Lipinski definition) is 0. The van der Waals surface area contributed by atoms with Crippen molar-refractivity contribution in [2.75, 3.05) is 4.90 Å². The molecule has 0 saturated carbocycles. The molecule has 1 atom stereocenters. The molecule has 5 rings (SSSR count). The highest BCUT2D eigenvalue weighted by atomic mass is 32.1. The molecule has 3 heterocycles. The Balaban J connectivity index is 1.88. The fraction of sp³-hybridized carbons (Fsp3) is 0.231. The van der Waals surface area contributed by atoms with Crippen molar-refractivity contribution in [2.24, 2.45) is 0 Å². The van der Waals surface area contributed by atoms with Gasteiger partial charge >= 0.3 is 0 Å². The molecule has 0 unspecified atom stereocenters. The van der Waals surface area contributed by atoms with Crippen LogP contribution in [-0.2, 0) is 4.79 Å². The number of hydrogen-bond acceptors (Lipinski definition) is 6. The largest absolute Gasteiger partial charge is 0.309 e. The van der Waals surface area contributed by atoms with Gasteiger partial charge in [-0.25, -0.2) is 0 Å². The molecule has 8 heteroatoms. The monoisotopic (exact) mass is 470 g/mol. The minimum absolute atomic E-state index is 0.00336. The van der Waals surface area contributed by atoms with Crippen LogP contribution in [-0.4, -0.2) is 15.3 Å². The number of aryl methyl sites for hydroxylation is 2. The van der Waals surface area contributed by atoms with Crippen molar-refractivity contribution in [1.29, 1.82) is 5.26 Å². The molecule has 7 nitrogen and oxygen atoms in total. The van der Waals surface area contributed by atoms with Crippen molar-refractivity contribution >= 4 is 34.3 Å². The third-order valence-electron chi connectivity index (χ3n) is 6.31. The Morgan fingerprint density at radius 1 is 1.15 bits per heavy atom. The highest BCUT2D eigenvalue weighted by Gasteiger charge is 2.43. The maximum absolute atomic E-state index is 13.4. The summed E-state index contributed by atoms with van der Waals surface area (Å²) in [5.41, 5.74) is 2.78. The lowest BCUT2D eigenvalue weighted by molar-refractivity contribution is -0.384. The molecule has 0 bridgehead atoms. The van der Waals surface area contributed by atoms with Crippen LogP contribution in [0.4, 0.5) is 11.4 Å². The average Bonchev–Trinajstić information content (AvgIpc) is 3.50. The number of Topliss-reactive ketones (excluding diaryl/α,β-unsaturated/α-hetero) is 1. The zero-order valence-electron chi connectivity index (χ0n) is 18.8. The van der Waals surface area contributed by atoms with Crippen molar-refractivity contribution in [3.05, 3.63) is 97.1 Å². The lowest BCUT2D eigenvalue weighted by Gasteiger charge is -2.40. The molecular formula is C26H22N4O3S. The first kappa shape index (κ1) is 21.9. The minimum atomic E-state index is -0.496. The third kappa shape index (κ3) is 3.45. The summed E-state index contributed by atoms with van der Waals surface area (Å²) < 4.78 is 1.82. The van der Waals surface area contributed by atoms with Gasteiger partial charge in [-0.1, -0.05) is 6.07 Å². The minimum Gasteiger partial charge on any atom is -0.309 e. The number of benzene rings is 1. The van der Waals surface area contributed by atoms with E-state index in [4.69, 9.17) is 0 Å². The molecule has 0 spiro atoms. The van der Waals surface area contributed by atoms with Crippen LogP contribution in [0.5, 0.6) is 0 Å². The molecule has 0 N–H and O–H groups in total. The number of carbonyl (C=O) groups is 1. The van der Waals surface area contributed by atoms with Crippen molar-refractivity contribution in [2.45, 2.75) is 39.0 Å². The number of ketones is 1. The number of rotatable bonds is 4. The molecule has 0 amide bonds. The normalized spacial score (nSPS) is 18.2. The van der Waals surface area contributed by atoms with E-state index in [1.54, 1.807) is 29.2 Å². The van der Waals surface area contributed by atoms with Gasteiger partial charge in [-0.15, -0.1) is 11.3 Å². The van der Waals surface area contributed by atoms with E-state index in [0.29, 0.717) is 41.9 Å². The quantitative estimate of drug-likeness (QED) is 0.340. The first-order valence-corrected chi connectivity index (χ1v) is 11.9. The number of carbonyl (C=O) groups excluding carboxylic acids is 1. The van der Waals surface area contributed by atoms with Gasteiger partial charge in [0, 0.05) is 45.9 Å². The van der Waals surface area contributed by atoms with Crippen LogP contribution in [0.3, 0.4) is 0 Å². The number of anilines is 1. The molecule has 34 heavy (non-hydrogen) atoms. The van der Waals surface area contributed by atoms with Gasteiger partial charge in [-0.3, -0.25) is 19.8 Å². The number of nitro groups is 1. The molecule has 1 aromatic carbocycles. The maximum Gasteiger partial charge on any atom is 0.293 e. The highest BCUT2D eigenvalue weighted by Crippen LogP contribution is 2.51. The Hall–Kier alpha value is -3.96. The van der Waals surface area contributed by atoms with Crippen LogP contribution in [0, 0.1) is 35.3 Å². The Labute approximate surface area is 201 Å². The number of thiophene rings is 1. The van der Waals surface area contributed by atoms with Crippen LogP contribution in [0.15, 0.2) is 71.7 Å². The van der Waals surface area contributed by atoms with Gasteiger partial charge in [0.05, 0.1) is 22.5 Å². The zero-order valence-corrected chi connectivity index (χ0v) is 19.6. The predicted octanol–water partition coefficient (Wildman–Crippen LogP) is 6.08. The lowest BCUT2D eigenvalue weighted by atomic mass is 9.78. The molecule has 3 aromatic rings. The van der Waals surface area contributed by atoms with Gasteiger partial charge in [-0.2, -0.15) is 5.26 Å². The first-order valence-electron chi connectivity index (χ1n) is 11.1. The van der Waals surface area contributed by atoms with E-state index >= 15 is 0 Å². The Bertz CT molecular complexity index is 1420. The van der Waals surface area contributed by atoms with Gasteiger partial charge in [0.2, 0.25) is 0 Å². The fourth-order valence-corrected chi connectivity index (χ4v) is 5.89. The van der Waals surface area contributed by atoms with E-state index in [2.05, 4.69) is 6.07 Å². The topological polar surface area (TPSA) is 92.2 Å². The summed E-state index contributed by atoms with van der Waals surface area (Å²) in [6.07, 6.45) is 5.31. The summed E-state index contributed by atoms with van der Waals surface area (Å²) in [5, 5.41) is 22.5. The Morgan fingerprint density at radius 3 is 2.56 bits per heavy atom. The summed E-state index contributed by atoms with van der Waals surface area (Å²) in [6, 6.07) is 15.1. The van der Waals surface area contributed by atoms with E-state index in [9.17, 15) is 20.2 Å². The molecule has 1 aliphatic heterocycles. The SMILES string of the molecule is Cc1ccc(N2C3=C(C(=O)CCC3)[C@H](c3ccc(C)s3)C(C#N)=C2n2cccc2)c([N+](=O)[O-])c1. The van der Waals surface area contributed by atoms with Gasteiger partial charge in [0.25, 0.3) is 5.69 Å². The van der Waals surface area contributed by atoms with Crippen molar-refractivity contribution in [1.82, 2.24) is 4.57 Å². The van der Waals surface area contributed by atoms with Crippen LogP contribution in [0.1, 0.15) is 40.5 Å². The molecule has 170 valence electrons. The molecule has 1 aliphatic carbocycles. The van der Waals surface area contributed by atoms with E-state index in [0.717, 1.165) is 21.0 Å². The number of aromatic nitrogens is 1. The van der Waals surface area contributed by atoms with E-state index in [1.165, 1.54) is 6.07 Å². The van der Waals surface area contributed by atoms with E-state index in [1.807, 2.05) is 54.2 Å². The summed E-state index contributed by atoms with van der Waals surface area (Å²) in [6.45, 7) is 3.81. The number of nitrogens with zero attached hydrogens (tertiary/aromatic N) is 4. The van der Waals surface area contributed by atoms with Crippen molar-refractivity contribution < 1.29 is 9.72 Å². The van der Waals surface area contributed by atoms with Crippen molar-refractivity contribution in [3.8, 4) is 6.07 Å². The average molecular weight is 471 g/mol. The van der Waals surface area contributed by atoms with E-state index < -0.39 is 10.8 Å². The second-order valence-electron chi connectivity index (χ2n) is 8.54. The summed E-state index contributed by atoms with van der Waals surface area (Å²) >= 11 is 1.57. The van der Waals surface area contributed by atoms with Gasteiger partial charge < -0.3 is 4.57 Å². The van der Waals surface area contributed by atoms with Gasteiger partial charge in [0.1, 0.15) is 11.5 Å². The van der Waals surface area contributed by atoms with Crippen LogP contribution in [0.2, 0.25) is 0 Å². The molecule has 2 aromatic heterocycles. The van der Waals surface area contributed by atoms with Gasteiger partial charge in [0.15, 0.2) is 5.78 Å². The maximum atomic E-state index is 13.4. The third-order valence-corrected chi connectivity index (χ3v) is 7.38. The second-order valence-corrected chi connectivity index (χ2v) is 9.86. The smallest absolute Gasteiger partial charge is 0.293 e. The number of nitro benzene ring substituents is 1. The van der Waals surface area contributed by atoms with Crippen LogP contribution < -0.4 is 4.90 Å². The Morgan fingerprint density at radius 2 is 1.91 bits per heavy atom. The standard InChI is InChI=1S/C26H22N4O3S/c1-16-8-10-19(21(14-16)30(32)33)29-20-6-5-7-22(31)25(20)24(23-11-9-17(2)34-23)18(15-27)26(29)28-12-3-4-13-28/h3-4,8-14,24H,5-7H2,1-2H3/t24-/m0/s1. The number of nitriles is 1. The van der Waals surface area contributed by atoms with Crippen LogP contribution in [0.25, 0.3) is 5.82 Å². The van der Waals surface area contributed by atoms with Crippen molar-refractivity contribution in [3.63, 3.8) is 0 Å². The summed E-state index contributed by atoms with van der Waals surface area (Å²) in [5.74, 6) is 0.0324. The van der Waals surface area contributed by atoms with E-state index in [-0.39, 0.29) is 11.5 Å². The molecule has 0 radical (unpaired) electrons. The fourth-order valence-electron chi connectivity index (χ4n) is 4.89. The lowest BCUT2D eigenvalue weighted by Crippen LogP contribution is -2.36. The Kier molecular flexibility index (Phi) is 5.42. The van der Waals surface area contributed by atoms with Gasteiger partial charge in [-0.05, 0) is 62.6 Å². The van der Waals surface area contributed by atoms with Crippen LogP contribution >= 0.6 is 11.3 Å². The summed E-state index contributed by atoms with van der Waals surface area (Å²) in [4.78, 5) is 28.9. The zero-order chi connectivity index (χ0) is 24.0. The molecule has 0 fully saturated rings. The molecular weight excluding hydrogens is 448 g/mol. The first-order chi connectivity index (χ1) is 16.4. The molecule has 0 saturated heterocycles. The molecule has 2 aliphatic rings. The number of allylic oxidation sites excluding steroid dienone is 3.